The van der Waals surface area contributed by atoms with Gasteiger partial charge in [-0.05, 0) is 36.0 Å². The summed E-state index contributed by atoms with van der Waals surface area (Å²) in [5, 5.41) is 16.9. The molecule has 0 aliphatic carbocycles. The number of benzene rings is 1. The van der Waals surface area contributed by atoms with Crippen LogP contribution in [0.5, 0.6) is 0 Å². The van der Waals surface area contributed by atoms with Gasteiger partial charge < -0.3 is 5.11 Å². The smallest absolute Gasteiger partial charge is 0.356 e. The van der Waals surface area contributed by atoms with Crippen molar-refractivity contribution in [2.75, 3.05) is 0 Å². The molecular formula is C12H7N3O2S2. The molecule has 0 aliphatic heterocycles. The third kappa shape index (κ3) is 2.56. The van der Waals surface area contributed by atoms with Gasteiger partial charge in [0.15, 0.2) is 10.0 Å². The summed E-state index contributed by atoms with van der Waals surface area (Å²) in [6.45, 7) is 0. The van der Waals surface area contributed by atoms with Gasteiger partial charge in [-0.1, -0.05) is 12.1 Å². The first-order chi connectivity index (χ1) is 9.22. The molecule has 2 heterocycles. The van der Waals surface area contributed by atoms with Crippen molar-refractivity contribution in [3.05, 3.63) is 42.1 Å². The molecule has 5 nitrogen and oxygen atoms in total. The fourth-order valence-corrected chi connectivity index (χ4v) is 3.40. The van der Waals surface area contributed by atoms with Crippen LogP contribution >= 0.6 is 23.1 Å². The standard InChI is InChI=1S/C12H7N3O2S2/c16-11(17)8-5-6-10(15-14-8)19-12-13-7-3-1-2-4-9(7)18-12/h1-6H,(H,16,17). The molecule has 19 heavy (non-hydrogen) atoms. The number of nitrogens with zero attached hydrogens (tertiary/aromatic N) is 3. The van der Waals surface area contributed by atoms with Crippen molar-refractivity contribution in [3.8, 4) is 0 Å². The summed E-state index contributed by atoms with van der Waals surface area (Å²) in [6, 6.07) is 10.9. The molecule has 0 unspecified atom stereocenters. The van der Waals surface area contributed by atoms with Crippen LogP contribution in [-0.2, 0) is 0 Å². The largest absolute Gasteiger partial charge is 0.476 e. The molecule has 0 amide bonds. The van der Waals surface area contributed by atoms with Gasteiger partial charge in [0, 0.05) is 0 Å². The first-order valence-corrected chi connectivity index (χ1v) is 6.96. The lowest BCUT2D eigenvalue weighted by Crippen LogP contribution is -2.01. The van der Waals surface area contributed by atoms with Crippen LogP contribution < -0.4 is 0 Å². The van der Waals surface area contributed by atoms with Crippen molar-refractivity contribution >= 4 is 39.3 Å². The molecule has 2 aromatic heterocycles. The zero-order valence-corrected chi connectivity index (χ0v) is 11.1. The lowest BCUT2D eigenvalue weighted by molar-refractivity contribution is 0.0689. The summed E-state index contributed by atoms with van der Waals surface area (Å²) < 4.78 is 1.97. The number of aromatic carboxylic acids is 1. The summed E-state index contributed by atoms with van der Waals surface area (Å²) in [7, 11) is 0. The number of carbonyl (C=O) groups is 1. The number of rotatable bonds is 3. The fourth-order valence-electron chi connectivity index (χ4n) is 1.47. The van der Waals surface area contributed by atoms with Gasteiger partial charge in [0.1, 0.15) is 5.03 Å². The van der Waals surface area contributed by atoms with E-state index in [9.17, 15) is 4.79 Å². The zero-order chi connectivity index (χ0) is 13.2. The molecule has 0 saturated carbocycles. The molecule has 0 atom stereocenters. The Kier molecular flexibility index (Phi) is 3.14. The minimum atomic E-state index is -1.08. The molecule has 0 aliphatic rings. The average molecular weight is 289 g/mol. The number of fused-ring (bicyclic) bond motifs is 1. The van der Waals surface area contributed by atoms with E-state index in [2.05, 4.69) is 15.2 Å². The predicted octanol–water partition coefficient (Wildman–Crippen LogP) is 2.94. The maximum atomic E-state index is 10.7. The molecule has 94 valence electrons. The Labute approximate surface area is 116 Å². The summed E-state index contributed by atoms with van der Waals surface area (Å²) >= 11 is 2.94. The Morgan fingerprint density at radius 3 is 2.68 bits per heavy atom. The van der Waals surface area contributed by atoms with Gasteiger partial charge in [-0.25, -0.2) is 9.78 Å². The number of carboxylic acid groups (broad SMARTS) is 1. The van der Waals surface area contributed by atoms with Gasteiger partial charge >= 0.3 is 5.97 Å². The van der Waals surface area contributed by atoms with E-state index in [1.165, 1.54) is 17.8 Å². The van der Waals surface area contributed by atoms with Gasteiger partial charge in [-0.15, -0.1) is 21.5 Å². The van der Waals surface area contributed by atoms with E-state index in [4.69, 9.17) is 5.11 Å². The minimum absolute atomic E-state index is 0.0614. The molecular weight excluding hydrogens is 282 g/mol. The van der Waals surface area contributed by atoms with Crippen LogP contribution in [0.25, 0.3) is 10.2 Å². The maximum Gasteiger partial charge on any atom is 0.356 e. The molecule has 0 radical (unpaired) electrons. The Morgan fingerprint density at radius 2 is 2.00 bits per heavy atom. The van der Waals surface area contributed by atoms with E-state index in [-0.39, 0.29) is 5.69 Å². The van der Waals surface area contributed by atoms with Crippen molar-refractivity contribution in [1.29, 1.82) is 0 Å². The number of hydrogen-bond donors (Lipinski definition) is 1. The Bertz CT molecular complexity index is 707. The van der Waals surface area contributed by atoms with Crippen LogP contribution in [0, 0.1) is 0 Å². The van der Waals surface area contributed by atoms with Gasteiger partial charge in [0.2, 0.25) is 0 Å². The first kappa shape index (κ1) is 12.1. The number of hydrogen-bond acceptors (Lipinski definition) is 6. The number of thiazole rings is 1. The van der Waals surface area contributed by atoms with Gasteiger partial charge in [-0.3, -0.25) is 0 Å². The van der Waals surface area contributed by atoms with Crippen LogP contribution in [-0.4, -0.2) is 26.3 Å². The first-order valence-electron chi connectivity index (χ1n) is 5.33. The van der Waals surface area contributed by atoms with Crippen molar-refractivity contribution in [3.63, 3.8) is 0 Å². The third-order valence-electron chi connectivity index (χ3n) is 2.33. The van der Waals surface area contributed by atoms with Gasteiger partial charge in [0.05, 0.1) is 10.2 Å². The lowest BCUT2D eigenvalue weighted by Gasteiger charge is -1.95. The predicted molar refractivity (Wildman–Crippen MR) is 72.7 cm³/mol. The summed E-state index contributed by atoms with van der Waals surface area (Å²) in [5.41, 5.74) is 0.888. The van der Waals surface area contributed by atoms with E-state index in [0.717, 1.165) is 14.6 Å². The fraction of sp³-hybridized carbons (Fsp3) is 0. The summed E-state index contributed by atoms with van der Waals surface area (Å²) in [6.07, 6.45) is 0. The Hall–Kier alpha value is -1.99. The molecule has 3 aromatic rings. The second-order valence-electron chi connectivity index (χ2n) is 3.61. The molecule has 0 bridgehead atoms. The van der Waals surface area contributed by atoms with E-state index in [0.29, 0.717) is 5.03 Å². The maximum absolute atomic E-state index is 10.7. The highest BCUT2D eigenvalue weighted by Crippen LogP contribution is 2.32. The zero-order valence-electron chi connectivity index (χ0n) is 9.48. The van der Waals surface area contributed by atoms with Crippen LogP contribution in [0.15, 0.2) is 45.8 Å². The van der Waals surface area contributed by atoms with Crippen molar-refractivity contribution in [2.24, 2.45) is 0 Å². The van der Waals surface area contributed by atoms with E-state index in [1.807, 2.05) is 24.3 Å². The number of aromatic nitrogens is 3. The average Bonchev–Trinajstić information content (AvgIpc) is 2.81. The van der Waals surface area contributed by atoms with Crippen molar-refractivity contribution in [2.45, 2.75) is 9.37 Å². The summed E-state index contributed by atoms with van der Waals surface area (Å²) in [4.78, 5) is 15.1. The number of para-hydroxylation sites is 1. The molecule has 1 N–H and O–H groups in total. The van der Waals surface area contributed by atoms with E-state index >= 15 is 0 Å². The third-order valence-corrected chi connectivity index (χ3v) is 4.35. The highest BCUT2D eigenvalue weighted by molar-refractivity contribution is 8.01. The van der Waals surface area contributed by atoms with Crippen LogP contribution in [0.3, 0.4) is 0 Å². The molecule has 1 aromatic carbocycles. The highest BCUT2D eigenvalue weighted by Gasteiger charge is 2.08. The minimum Gasteiger partial charge on any atom is -0.476 e. The monoisotopic (exact) mass is 289 g/mol. The second-order valence-corrected chi connectivity index (χ2v) is 5.91. The van der Waals surface area contributed by atoms with Crippen LogP contribution in [0.4, 0.5) is 0 Å². The van der Waals surface area contributed by atoms with E-state index in [1.54, 1.807) is 17.4 Å². The quantitative estimate of drug-likeness (QED) is 0.799. The lowest BCUT2D eigenvalue weighted by atomic mass is 10.3. The summed E-state index contributed by atoms with van der Waals surface area (Å²) in [5.74, 6) is -1.08. The van der Waals surface area contributed by atoms with Gasteiger partial charge in [0.25, 0.3) is 0 Å². The SMILES string of the molecule is O=C(O)c1ccc(Sc2nc3ccccc3s2)nn1. The second kappa shape index (κ2) is 4.94. The Morgan fingerprint density at radius 1 is 1.16 bits per heavy atom. The normalized spacial score (nSPS) is 10.7. The van der Waals surface area contributed by atoms with Gasteiger partial charge in [-0.2, -0.15) is 0 Å². The van der Waals surface area contributed by atoms with Crippen molar-refractivity contribution in [1.82, 2.24) is 15.2 Å². The van der Waals surface area contributed by atoms with Crippen LogP contribution in [0.2, 0.25) is 0 Å². The van der Waals surface area contributed by atoms with Crippen molar-refractivity contribution < 1.29 is 9.90 Å². The number of carboxylic acids is 1. The molecule has 3 rings (SSSR count). The van der Waals surface area contributed by atoms with E-state index < -0.39 is 5.97 Å². The molecule has 7 heteroatoms. The molecule has 0 spiro atoms. The highest BCUT2D eigenvalue weighted by atomic mass is 32.2. The topological polar surface area (TPSA) is 76.0 Å². The molecule has 0 fully saturated rings. The molecule has 0 saturated heterocycles. The Balaban J connectivity index is 1.86. The van der Waals surface area contributed by atoms with Crippen LogP contribution in [0.1, 0.15) is 10.5 Å².